The second-order valence-corrected chi connectivity index (χ2v) is 14.9. The number of benzene rings is 1. The number of amides is 1. The van der Waals surface area contributed by atoms with Crippen LogP contribution in [-0.4, -0.2) is 96.7 Å². The molecule has 7 N–H and O–H groups in total. The molecular weight excluding hydrogens is 706 g/mol. The number of phenolic OH excluding ortho intramolecular Hbond substituents is 1. The lowest BCUT2D eigenvalue weighted by molar-refractivity contribution is -0.211. The van der Waals surface area contributed by atoms with Crippen LogP contribution in [0.25, 0.3) is 5.57 Å². The molecule has 1 fully saturated rings. The van der Waals surface area contributed by atoms with Gasteiger partial charge < -0.3 is 54.9 Å². The summed E-state index contributed by atoms with van der Waals surface area (Å²) in [6.07, 6.45) is -1.21. The summed E-state index contributed by atoms with van der Waals surface area (Å²) in [6.45, 7) is 12.1. The molecule has 6 bridgehead atoms. The molecule has 0 spiro atoms. The average Bonchev–Trinajstić information content (AvgIpc) is 3.09. The van der Waals surface area contributed by atoms with Crippen molar-refractivity contribution in [2.75, 3.05) is 12.1 Å². The van der Waals surface area contributed by atoms with Crippen LogP contribution < -0.4 is 10.1 Å². The Bertz CT molecular complexity index is 1960. The molecule has 1 saturated heterocycles. The summed E-state index contributed by atoms with van der Waals surface area (Å²) >= 11 is 0. The molecule has 1 amide bonds. The van der Waals surface area contributed by atoms with Crippen molar-refractivity contribution < 1.29 is 68.8 Å². The number of Topliss-reactive ketones (excluding diaryl/α,β-unsaturated/α-hetero) is 1. The number of anilines is 1. The van der Waals surface area contributed by atoms with Crippen LogP contribution in [0.3, 0.4) is 0 Å². The molecule has 8 rings (SSSR count). The van der Waals surface area contributed by atoms with Crippen molar-refractivity contribution >= 4 is 34.9 Å². The monoisotopic (exact) mass is 753 g/mol. The van der Waals surface area contributed by atoms with Crippen molar-refractivity contribution in [1.29, 1.82) is 0 Å². The van der Waals surface area contributed by atoms with Gasteiger partial charge in [-0.25, -0.2) is 0 Å². The highest BCUT2D eigenvalue weighted by Crippen LogP contribution is 2.53. The molecule has 15 nitrogen and oxygen atoms in total. The first-order valence-electron chi connectivity index (χ1n) is 17.4. The fourth-order valence-corrected chi connectivity index (χ4v) is 7.59. The van der Waals surface area contributed by atoms with Crippen molar-refractivity contribution in [2.24, 2.45) is 17.8 Å². The van der Waals surface area contributed by atoms with Gasteiger partial charge in [0.25, 0.3) is 5.91 Å². The Balaban J connectivity index is 1.80. The minimum absolute atomic E-state index is 0.0103. The Morgan fingerprint density at radius 3 is 2.15 bits per heavy atom. The van der Waals surface area contributed by atoms with E-state index in [-0.39, 0.29) is 61.9 Å². The fraction of sp³-hybridized carbons (Fsp3) is 0.487. The molecule has 0 unspecified atom stereocenters. The summed E-state index contributed by atoms with van der Waals surface area (Å²) < 4.78 is 22.9. The van der Waals surface area contributed by atoms with E-state index in [0.717, 1.165) is 6.92 Å². The van der Waals surface area contributed by atoms with E-state index in [1.165, 1.54) is 79.7 Å². The number of nitrogens with one attached hydrogen (secondary N) is 1. The molecule has 1 aromatic carbocycles. The van der Waals surface area contributed by atoms with Crippen LogP contribution in [0, 0.1) is 24.7 Å². The van der Waals surface area contributed by atoms with E-state index >= 15 is 0 Å². The number of phenols is 1. The molecule has 292 valence electrons. The smallest absolute Gasteiger partial charge is 0.314 e. The summed E-state index contributed by atoms with van der Waals surface area (Å²) in [4.78, 5) is 53.3. The van der Waals surface area contributed by atoms with Gasteiger partial charge in [0.1, 0.15) is 40.5 Å². The Morgan fingerprint density at radius 2 is 1.52 bits per heavy atom. The SMILES string of the molecule is CC(=O)Oc1c(C)c2c(O)c3c1C1=C(OCOC1=C(C)C3=O)C(C)=C[C@](C)(O)[C@H](O)[C@H](C)[C@H](O)[C@H]1C(=O)O[C@@H]([C@H](C)[C@H]1O)[C@@](C)(O)C=CC=C(C)C(=O)N2. The molecule has 6 aliphatic heterocycles. The van der Waals surface area contributed by atoms with Crippen molar-refractivity contribution in [3.8, 4) is 11.5 Å². The second-order valence-electron chi connectivity index (χ2n) is 14.9. The highest BCUT2D eigenvalue weighted by Gasteiger charge is 2.53. The Kier molecular flexibility index (Phi) is 10.8. The first-order valence-corrected chi connectivity index (χ1v) is 17.4. The molecule has 0 radical (unpaired) electrons. The molecule has 15 heteroatoms. The third-order valence-corrected chi connectivity index (χ3v) is 10.7. The van der Waals surface area contributed by atoms with Crippen LogP contribution in [0.2, 0.25) is 0 Å². The zero-order valence-electron chi connectivity index (χ0n) is 31.5. The van der Waals surface area contributed by atoms with Gasteiger partial charge in [0, 0.05) is 41.0 Å². The van der Waals surface area contributed by atoms with Gasteiger partial charge in [-0.1, -0.05) is 26.0 Å². The molecular formula is C39H47NO14. The van der Waals surface area contributed by atoms with E-state index in [2.05, 4.69) is 5.32 Å². The van der Waals surface area contributed by atoms with Gasteiger partial charge in [-0.2, -0.15) is 0 Å². The summed E-state index contributed by atoms with van der Waals surface area (Å²) in [6, 6.07) is 0. The molecule has 1 aliphatic carbocycles. The number of aliphatic hydroxyl groups excluding tert-OH is 3. The van der Waals surface area contributed by atoms with E-state index in [0.29, 0.717) is 0 Å². The number of aromatic hydroxyl groups is 1. The predicted molar refractivity (Wildman–Crippen MR) is 191 cm³/mol. The lowest BCUT2D eigenvalue weighted by Crippen LogP contribution is -2.60. The van der Waals surface area contributed by atoms with E-state index in [1.54, 1.807) is 0 Å². The Morgan fingerprint density at radius 1 is 0.907 bits per heavy atom. The fourth-order valence-electron chi connectivity index (χ4n) is 7.59. The lowest BCUT2D eigenvalue weighted by atomic mass is 9.73. The summed E-state index contributed by atoms with van der Waals surface area (Å²) in [5.41, 5.74) is -4.31. The molecule has 1 aromatic rings. The van der Waals surface area contributed by atoms with Gasteiger partial charge in [0.2, 0.25) is 6.79 Å². The summed E-state index contributed by atoms with van der Waals surface area (Å²) in [7, 11) is 0. The standard InChI is InChI=1S/C39H47NO14/c1-15-11-10-12-38(8,49)35-20(6)29(44)25(37(48)54-35)28(43)19(5)34(46)39(9,50)13-16(2)31-24-22-23(27(42)18(4)32(24)52-14-51-31)30(45)26(40-36(15)47)17(3)33(22)53-21(7)41/h10-13,19-20,25,28-29,34-35,43-46,49-50H,14H2,1-9H3,(H,40,47)/t19-,20-,25-,28+,29-,34-,35+,38+,39+/m1/s1. The number of carbonyl (C=O) groups is 4. The van der Waals surface area contributed by atoms with Crippen molar-refractivity contribution in [1.82, 2.24) is 0 Å². The average molecular weight is 754 g/mol. The number of hydrogen-bond acceptors (Lipinski definition) is 14. The van der Waals surface area contributed by atoms with Crippen molar-refractivity contribution in [3.63, 3.8) is 0 Å². The van der Waals surface area contributed by atoms with Crippen LogP contribution in [0.4, 0.5) is 5.69 Å². The Labute approximate surface area is 311 Å². The predicted octanol–water partition coefficient (Wildman–Crippen LogP) is 2.61. The molecule has 54 heavy (non-hydrogen) atoms. The van der Waals surface area contributed by atoms with Gasteiger partial charge >= 0.3 is 11.9 Å². The van der Waals surface area contributed by atoms with E-state index in [1.807, 2.05) is 0 Å². The molecule has 7 aliphatic rings. The van der Waals surface area contributed by atoms with E-state index in [4.69, 9.17) is 18.9 Å². The number of rotatable bonds is 1. The van der Waals surface area contributed by atoms with Crippen LogP contribution >= 0.6 is 0 Å². The van der Waals surface area contributed by atoms with Gasteiger partial charge in [0.15, 0.2) is 11.5 Å². The number of esters is 2. The van der Waals surface area contributed by atoms with Gasteiger partial charge in [0.05, 0.1) is 35.1 Å². The number of ether oxygens (including phenoxy) is 4. The maximum atomic E-state index is 13.9. The van der Waals surface area contributed by atoms with Crippen LogP contribution in [0.15, 0.2) is 52.5 Å². The minimum Gasteiger partial charge on any atom is -0.505 e. The Hall–Kier alpha value is -4.80. The maximum Gasteiger partial charge on any atom is 0.314 e. The van der Waals surface area contributed by atoms with Crippen LogP contribution in [-0.2, 0) is 28.6 Å². The zero-order valence-corrected chi connectivity index (χ0v) is 31.5. The number of hydrogen-bond donors (Lipinski definition) is 7. The number of ketones is 1. The quantitative estimate of drug-likeness (QED) is 0.124. The largest absolute Gasteiger partial charge is 0.505 e. The first kappa shape index (κ1) is 40.4. The topological polar surface area (TPSA) is 239 Å². The highest BCUT2D eigenvalue weighted by molar-refractivity contribution is 6.21. The number of aliphatic hydroxyl groups is 5. The third kappa shape index (κ3) is 6.86. The third-order valence-electron chi connectivity index (χ3n) is 10.7. The summed E-state index contributed by atoms with van der Waals surface area (Å²) in [5, 5.41) is 71.6. The number of carbonyl (C=O) groups excluding carboxylic acids is 4. The van der Waals surface area contributed by atoms with Crippen LogP contribution in [0.1, 0.15) is 76.9 Å². The van der Waals surface area contributed by atoms with Crippen molar-refractivity contribution in [2.45, 2.75) is 97.9 Å². The van der Waals surface area contributed by atoms with Gasteiger partial charge in [-0.15, -0.1) is 0 Å². The zero-order chi connectivity index (χ0) is 40.4. The molecule has 0 saturated carbocycles. The lowest BCUT2D eigenvalue weighted by Gasteiger charge is -2.45. The first-order chi connectivity index (χ1) is 25.0. The normalized spacial score (nSPS) is 33.4. The van der Waals surface area contributed by atoms with Crippen molar-refractivity contribution in [3.05, 3.63) is 69.2 Å². The molecule has 0 aromatic heterocycles. The van der Waals surface area contributed by atoms with Crippen LogP contribution in [0.5, 0.6) is 11.5 Å². The van der Waals surface area contributed by atoms with E-state index in [9.17, 15) is 49.8 Å². The molecule has 6 heterocycles. The van der Waals surface area contributed by atoms with Gasteiger partial charge in [-0.3, -0.25) is 19.2 Å². The maximum absolute atomic E-state index is 13.9. The highest BCUT2D eigenvalue weighted by atomic mass is 16.7. The molecule has 9 atom stereocenters. The van der Waals surface area contributed by atoms with E-state index < -0.39 is 89.5 Å². The summed E-state index contributed by atoms with van der Waals surface area (Å²) in [5.74, 6) is -7.85. The minimum atomic E-state index is -2.15. The number of allylic oxidation sites excluding steroid dienone is 5. The van der Waals surface area contributed by atoms with Gasteiger partial charge in [-0.05, 0) is 59.3 Å². The second kappa shape index (κ2) is 14.5.